The van der Waals surface area contributed by atoms with Gasteiger partial charge in [0.15, 0.2) is 0 Å². The Kier molecular flexibility index (Phi) is 4.56. The second kappa shape index (κ2) is 6.29. The largest absolute Gasteiger partial charge is 0.341 e. The Morgan fingerprint density at radius 1 is 1.05 bits per heavy atom. The van der Waals surface area contributed by atoms with Gasteiger partial charge in [0, 0.05) is 24.1 Å². The van der Waals surface area contributed by atoms with E-state index in [9.17, 15) is 13.2 Å². The number of sulfonamides is 1. The van der Waals surface area contributed by atoms with Gasteiger partial charge in [-0.25, -0.2) is 8.42 Å². The zero-order valence-electron chi connectivity index (χ0n) is 12.2. The molecule has 0 N–H and O–H groups in total. The van der Waals surface area contributed by atoms with E-state index in [0.29, 0.717) is 13.0 Å². The molecule has 2 aliphatic heterocycles. The van der Waals surface area contributed by atoms with Gasteiger partial charge in [-0.1, -0.05) is 15.9 Å². The summed E-state index contributed by atoms with van der Waals surface area (Å²) in [6.45, 7) is 1.92. The average Bonchev–Trinajstić information content (AvgIpc) is 3.19. The van der Waals surface area contributed by atoms with Crippen LogP contribution < -0.4 is 0 Å². The normalized spacial score (nSPS) is 23.1. The minimum atomic E-state index is -3.61. The van der Waals surface area contributed by atoms with Crippen LogP contribution in [0.25, 0.3) is 0 Å². The van der Waals surface area contributed by atoms with Crippen LogP contribution in [0.15, 0.2) is 33.6 Å². The smallest absolute Gasteiger partial charge is 0.243 e. The Morgan fingerprint density at radius 3 is 2.32 bits per heavy atom. The van der Waals surface area contributed by atoms with E-state index in [1.807, 2.05) is 0 Å². The van der Waals surface area contributed by atoms with Crippen molar-refractivity contribution in [2.24, 2.45) is 0 Å². The highest BCUT2D eigenvalue weighted by atomic mass is 79.9. The molecule has 0 radical (unpaired) electrons. The van der Waals surface area contributed by atoms with Crippen LogP contribution in [-0.2, 0) is 14.8 Å². The molecule has 22 heavy (non-hydrogen) atoms. The number of amides is 1. The molecule has 2 saturated heterocycles. The number of hydrogen-bond acceptors (Lipinski definition) is 3. The monoisotopic (exact) mass is 386 g/mol. The van der Waals surface area contributed by atoms with Gasteiger partial charge in [0.1, 0.15) is 6.04 Å². The van der Waals surface area contributed by atoms with Crippen molar-refractivity contribution in [1.29, 1.82) is 0 Å². The molecule has 120 valence electrons. The summed E-state index contributed by atoms with van der Waals surface area (Å²) in [6, 6.07) is 6.04. The quantitative estimate of drug-likeness (QED) is 0.799. The van der Waals surface area contributed by atoms with Crippen LogP contribution >= 0.6 is 15.9 Å². The summed E-state index contributed by atoms with van der Waals surface area (Å²) in [5.41, 5.74) is 0. The van der Waals surface area contributed by atoms with Crippen molar-refractivity contribution in [2.45, 2.75) is 36.6 Å². The molecule has 0 saturated carbocycles. The van der Waals surface area contributed by atoms with E-state index in [1.165, 1.54) is 4.31 Å². The van der Waals surface area contributed by atoms with Gasteiger partial charge in [-0.2, -0.15) is 4.31 Å². The molecule has 1 atom stereocenters. The topological polar surface area (TPSA) is 57.7 Å². The van der Waals surface area contributed by atoms with Gasteiger partial charge >= 0.3 is 0 Å². The second-order valence-electron chi connectivity index (χ2n) is 5.76. The maximum absolute atomic E-state index is 12.8. The Balaban J connectivity index is 1.85. The molecule has 2 fully saturated rings. The van der Waals surface area contributed by atoms with E-state index in [2.05, 4.69) is 15.9 Å². The highest BCUT2D eigenvalue weighted by Gasteiger charge is 2.41. The molecular formula is C15H19BrN2O3S. The summed E-state index contributed by atoms with van der Waals surface area (Å²) < 4.78 is 27.8. The van der Waals surface area contributed by atoms with Crippen molar-refractivity contribution in [3.8, 4) is 0 Å². The molecule has 1 unspecified atom stereocenters. The summed E-state index contributed by atoms with van der Waals surface area (Å²) in [6.07, 6.45) is 3.38. The minimum absolute atomic E-state index is 0.0318. The Morgan fingerprint density at radius 2 is 1.68 bits per heavy atom. The van der Waals surface area contributed by atoms with Crippen LogP contribution in [0.5, 0.6) is 0 Å². The zero-order chi connectivity index (χ0) is 15.7. The number of carbonyl (C=O) groups excluding carboxylic acids is 1. The first-order chi connectivity index (χ1) is 10.5. The van der Waals surface area contributed by atoms with Gasteiger partial charge < -0.3 is 4.90 Å². The SMILES string of the molecule is O=C(C1CCCN1S(=O)(=O)c1ccc(Br)cc1)N1CCCC1. The lowest BCUT2D eigenvalue weighted by Gasteiger charge is -2.27. The minimum Gasteiger partial charge on any atom is -0.341 e. The van der Waals surface area contributed by atoms with Crippen LogP contribution in [0.3, 0.4) is 0 Å². The molecule has 5 nitrogen and oxygen atoms in total. The average molecular weight is 387 g/mol. The number of rotatable bonds is 3. The van der Waals surface area contributed by atoms with E-state index >= 15 is 0 Å². The van der Waals surface area contributed by atoms with Crippen molar-refractivity contribution in [1.82, 2.24) is 9.21 Å². The van der Waals surface area contributed by atoms with E-state index in [4.69, 9.17) is 0 Å². The summed E-state index contributed by atoms with van der Waals surface area (Å²) in [5.74, 6) is -0.0318. The standard InChI is InChI=1S/C15H19BrN2O3S/c16-12-5-7-13(8-6-12)22(20,21)18-11-3-4-14(18)15(19)17-9-1-2-10-17/h5-8,14H,1-4,9-11H2. The maximum Gasteiger partial charge on any atom is 0.243 e. The van der Waals surface area contributed by atoms with Crippen LogP contribution in [0.4, 0.5) is 0 Å². The molecule has 0 aliphatic carbocycles. The number of likely N-dealkylation sites (tertiary alicyclic amines) is 1. The number of halogens is 1. The van der Waals surface area contributed by atoms with Crippen molar-refractivity contribution < 1.29 is 13.2 Å². The Hall–Kier alpha value is -0.920. The molecule has 0 aromatic heterocycles. The lowest BCUT2D eigenvalue weighted by Crippen LogP contribution is -2.46. The van der Waals surface area contributed by atoms with Crippen molar-refractivity contribution in [3.05, 3.63) is 28.7 Å². The Labute approximate surface area is 139 Å². The third kappa shape index (κ3) is 2.94. The lowest BCUT2D eigenvalue weighted by atomic mass is 10.2. The lowest BCUT2D eigenvalue weighted by molar-refractivity contribution is -0.133. The summed E-state index contributed by atoms with van der Waals surface area (Å²) in [4.78, 5) is 14.7. The first-order valence-electron chi connectivity index (χ1n) is 7.56. The van der Waals surface area contributed by atoms with Crippen LogP contribution in [0, 0.1) is 0 Å². The summed E-state index contributed by atoms with van der Waals surface area (Å²) in [5, 5.41) is 0. The maximum atomic E-state index is 12.8. The Bertz CT molecular complexity index is 654. The van der Waals surface area contributed by atoms with E-state index < -0.39 is 16.1 Å². The molecule has 0 spiro atoms. The van der Waals surface area contributed by atoms with E-state index in [-0.39, 0.29) is 10.8 Å². The van der Waals surface area contributed by atoms with Gasteiger partial charge in [-0.05, 0) is 49.9 Å². The van der Waals surface area contributed by atoms with Crippen molar-refractivity contribution >= 4 is 31.9 Å². The predicted molar refractivity (Wildman–Crippen MR) is 86.9 cm³/mol. The third-order valence-electron chi connectivity index (χ3n) is 4.33. The molecular weight excluding hydrogens is 368 g/mol. The molecule has 0 bridgehead atoms. The molecule has 3 rings (SSSR count). The van der Waals surface area contributed by atoms with Crippen molar-refractivity contribution in [2.75, 3.05) is 19.6 Å². The fourth-order valence-electron chi connectivity index (χ4n) is 3.16. The first kappa shape index (κ1) is 16.0. The van der Waals surface area contributed by atoms with E-state index in [0.717, 1.165) is 36.8 Å². The highest BCUT2D eigenvalue weighted by Crippen LogP contribution is 2.28. The molecule has 7 heteroatoms. The van der Waals surface area contributed by atoms with Crippen LogP contribution in [-0.4, -0.2) is 49.2 Å². The second-order valence-corrected chi connectivity index (χ2v) is 8.57. The molecule has 2 aliphatic rings. The predicted octanol–water partition coefficient (Wildman–Crippen LogP) is 2.22. The number of hydrogen-bond donors (Lipinski definition) is 0. The zero-order valence-corrected chi connectivity index (χ0v) is 14.6. The summed E-state index contributed by atoms with van der Waals surface area (Å²) >= 11 is 3.31. The van der Waals surface area contributed by atoms with Crippen molar-refractivity contribution in [3.63, 3.8) is 0 Å². The molecule has 2 heterocycles. The van der Waals surface area contributed by atoms with Gasteiger partial charge in [-0.15, -0.1) is 0 Å². The number of nitrogens with zero attached hydrogens (tertiary/aromatic N) is 2. The highest BCUT2D eigenvalue weighted by molar-refractivity contribution is 9.10. The number of carbonyl (C=O) groups is 1. The molecule has 1 aromatic carbocycles. The third-order valence-corrected chi connectivity index (χ3v) is 6.78. The fraction of sp³-hybridized carbons (Fsp3) is 0.533. The molecule has 1 aromatic rings. The fourth-order valence-corrected chi connectivity index (χ4v) is 5.08. The van der Waals surface area contributed by atoms with Gasteiger partial charge in [0.25, 0.3) is 0 Å². The molecule has 1 amide bonds. The van der Waals surface area contributed by atoms with E-state index in [1.54, 1.807) is 29.2 Å². The van der Waals surface area contributed by atoms with Gasteiger partial charge in [-0.3, -0.25) is 4.79 Å². The summed E-state index contributed by atoms with van der Waals surface area (Å²) in [7, 11) is -3.61. The van der Waals surface area contributed by atoms with Gasteiger partial charge in [0.2, 0.25) is 15.9 Å². The van der Waals surface area contributed by atoms with Crippen LogP contribution in [0.2, 0.25) is 0 Å². The first-order valence-corrected chi connectivity index (χ1v) is 9.79. The van der Waals surface area contributed by atoms with Crippen LogP contribution in [0.1, 0.15) is 25.7 Å². The van der Waals surface area contributed by atoms with Gasteiger partial charge in [0.05, 0.1) is 4.90 Å². The number of benzene rings is 1.